The summed E-state index contributed by atoms with van der Waals surface area (Å²) in [7, 11) is 0. The Balaban J connectivity index is 2.22. The number of rotatable bonds is 4. The normalized spacial score (nSPS) is 9.88. The Bertz CT molecular complexity index is 535. The first kappa shape index (κ1) is 11.2. The molecular weight excluding hydrogens is 212 g/mol. The minimum atomic E-state index is 0.0740. The van der Waals surface area contributed by atoms with Crippen molar-refractivity contribution in [3.8, 4) is 0 Å². The van der Waals surface area contributed by atoms with E-state index >= 15 is 0 Å². The summed E-state index contributed by atoms with van der Waals surface area (Å²) >= 11 is 0. The molecule has 0 aliphatic rings. The van der Waals surface area contributed by atoms with Crippen LogP contribution < -0.4 is 4.57 Å². The molecule has 0 radical (unpaired) electrons. The van der Waals surface area contributed by atoms with E-state index in [0.29, 0.717) is 12.1 Å². The Morgan fingerprint density at radius 1 is 1.35 bits per heavy atom. The monoisotopic (exact) mass is 225 g/mol. The first-order valence-electron chi connectivity index (χ1n) is 5.35. The van der Waals surface area contributed by atoms with Crippen molar-refractivity contribution in [3.63, 3.8) is 0 Å². The molecule has 0 aliphatic heterocycles. The lowest BCUT2D eigenvalue weighted by Gasteiger charge is -1.99. The highest BCUT2D eigenvalue weighted by Gasteiger charge is 2.14. The van der Waals surface area contributed by atoms with Crippen molar-refractivity contribution in [1.29, 1.82) is 0 Å². The van der Waals surface area contributed by atoms with Crippen molar-refractivity contribution in [3.05, 3.63) is 66.8 Å². The molecule has 1 heterocycles. The maximum atomic E-state index is 12.0. The smallest absolute Gasteiger partial charge is 0.227 e. The van der Waals surface area contributed by atoms with Gasteiger partial charge >= 0.3 is 0 Å². The van der Waals surface area contributed by atoms with Crippen LogP contribution in [0.15, 0.2) is 55.5 Å². The van der Waals surface area contributed by atoms with Gasteiger partial charge in [0.2, 0.25) is 18.0 Å². The van der Waals surface area contributed by atoms with Gasteiger partial charge in [-0.2, -0.15) is 4.57 Å². The molecule has 2 aromatic rings. The molecule has 1 aromatic carbocycles. The van der Waals surface area contributed by atoms with E-state index in [2.05, 4.69) is 11.6 Å². The molecule has 0 saturated carbocycles. The molecule has 2 rings (SSSR count). The number of hydrogen-bond acceptors (Lipinski definition) is 2. The van der Waals surface area contributed by atoms with Gasteiger partial charge in [-0.3, -0.25) is 9.78 Å². The predicted octanol–water partition coefficient (Wildman–Crippen LogP) is 1.90. The van der Waals surface area contributed by atoms with E-state index in [9.17, 15) is 4.79 Å². The average molecular weight is 225 g/mol. The van der Waals surface area contributed by atoms with Crippen LogP contribution in [0.4, 0.5) is 0 Å². The number of carbonyl (C=O) groups excluding carboxylic acids is 1. The third kappa shape index (κ3) is 2.64. The minimum absolute atomic E-state index is 0.0740. The fourth-order valence-electron chi connectivity index (χ4n) is 1.58. The summed E-state index contributed by atoms with van der Waals surface area (Å²) in [6.07, 6.45) is 6.81. The van der Waals surface area contributed by atoms with Gasteiger partial charge in [0.15, 0.2) is 6.20 Å². The number of Topliss-reactive ketones (excluding diaryl/α,β-unsaturated/α-hetero) is 1. The van der Waals surface area contributed by atoms with Gasteiger partial charge in [0.05, 0.1) is 12.4 Å². The minimum Gasteiger partial charge on any atom is -0.287 e. The van der Waals surface area contributed by atoms with Crippen molar-refractivity contribution < 1.29 is 9.36 Å². The number of hydrogen-bond donors (Lipinski definition) is 0. The molecule has 0 unspecified atom stereocenters. The highest BCUT2D eigenvalue weighted by molar-refractivity contribution is 5.94. The SMILES string of the molecule is C=Cc1cncc[n+]1CC(=O)c1ccccc1. The first-order valence-corrected chi connectivity index (χ1v) is 5.35. The molecule has 0 bridgehead atoms. The molecule has 84 valence electrons. The summed E-state index contributed by atoms with van der Waals surface area (Å²) in [5.74, 6) is 0.0740. The molecule has 0 atom stereocenters. The summed E-state index contributed by atoms with van der Waals surface area (Å²) in [4.78, 5) is 16.0. The second-order valence-corrected chi connectivity index (χ2v) is 3.62. The summed E-state index contributed by atoms with van der Waals surface area (Å²) in [5.41, 5.74) is 1.55. The van der Waals surface area contributed by atoms with Crippen LogP contribution in [-0.4, -0.2) is 10.8 Å². The molecule has 0 fully saturated rings. The third-order valence-corrected chi connectivity index (χ3v) is 2.49. The lowest BCUT2D eigenvalue weighted by atomic mass is 10.1. The maximum Gasteiger partial charge on any atom is 0.227 e. The molecule has 0 aliphatic carbocycles. The fourth-order valence-corrected chi connectivity index (χ4v) is 1.58. The van der Waals surface area contributed by atoms with Crippen LogP contribution in [0.1, 0.15) is 16.1 Å². The Hall–Kier alpha value is -2.29. The molecular formula is C14H13N2O+. The molecule has 3 heteroatoms. The number of aromatic nitrogens is 2. The summed E-state index contributed by atoms with van der Waals surface area (Å²) in [5, 5.41) is 0. The fraction of sp³-hybridized carbons (Fsp3) is 0.0714. The van der Waals surface area contributed by atoms with Gasteiger partial charge < -0.3 is 0 Å². The zero-order chi connectivity index (χ0) is 12.1. The van der Waals surface area contributed by atoms with Gasteiger partial charge in [0, 0.05) is 11.6 Å². The molecule has 0 N–H and O–H groups in total. The van der Waals surface area contributed by atoms with Crippen molar-refractivity contribution in [2.45, 2.75) is 6.54 Å². The van der Waals surface area contributed by atoms with Gasteiger partial charge in [-0.1, -0.05) is 36.9 Å². The van der Waals surface area contributed by atoms with Gasteiger partial charge in [-0.05, 0) is 0 Å². The molecule has 0 saturated heterocycles. The Kier molecular flexibility index (Phi) is 3.40. The lowest BCUT2D eigenvalue weighted by Crippen LogP contribution is -2.40. The molecule has 3 nitrogen and oxygen atoms in total. The van der Waals surface area contributed by atoms with E-state index < -0.39 is 0 Å². The number of carbonyl (C=O) groups is 1. The molecule has 17 heavy (non-hydrogen) atoms. The quantitative estimate of drug-likeness (QED) is 0.588. The maximum absolute atomic E-state index is 12.0. The standard InChI is InChI=1S/C14H13N2O/c1-2-13-10-15-8-9-16(13)11-14(17)12-6-4-3-5-7-12/h2-10H,1,11H2/q+1. The van der Waals surface area contributed by atoms with Crippen LogP contribution in [0.3, 0.4) is 0 Å². The second-order valence-electron chi connectivity index (χ2n) is 3.62. The zero-order valence-electron chi connectivity index (χ0n) is 9.41. The number of benzene rings is 1. The largest absolute Gasteiger partial charge is 0.287 e. The van der Waals surface area contributed by atoms with Crippen molar-refractivity contribution in [2.75, 3.05) is 0 Å². The van der Waals surface area contributed by atoms with Gasteiger partial charge in [-0.15, -0.1) is 0 Å². The van der Waals surface area contributed by atoms with Crippen LogP contribution in [0.2, 0.25) is 0 Å². The highest BCUT2D eigenvalue weighted by atomic mass is 16.1. The number of nitrogens with zero attached hydrogens (tertiary/aromatic N) is 2. The van der Waals surface area contributed by atoms with Crippen molar-refractivity contribution >= 4 is 11.9 Å². The Labute approximate surface area is 100 Å². The van der Waals surface area contributed by atoms with Gasteiger partial charge in [-0.25, -0.2) is 0 Å². The predicted molar refractivity (Wildman–Crippen MR) is 65.3 cm³/mol. The van der Waals surface area contributed by atoms with Crippen LogP contribution in [-0.2, 0) is 6.54 Å². The Morgan fingerprint density at radius 3 is 2.82 bits per heavy atom. The molecule has 0 spiro atoms. The van der Waals surface area contributed by atoms with E-state index in [0.717, 1.165) is 5.69 Å². The van der Waals surface area contributed by atoms with Crippen molar-refractivity contribution in [1.82, 2.24) is 4.98 Å². The second kappa shape index (κ2) is 5.16. The van der Waals surface area contributed by atoms with Crippen LogP contribution in [0.25, 0.3) is 6.08 Å². The van der Waals surface area contributed by atoms with Crippen LogP contribution in [0, 0.1) is 0 Å². The van der Waals surface area contributed by atoms with Gasteiger partial charge in [0.25, 0.3) is 0 Å². The third-order valence-electron chi connectivity index (χ3n) is 2.49. The van der Waals surface area contributed by atoms with E-state index in [1.54, 1.807) is 24.7 Å². The van der Waals surface area contributed by atoms with E-state index in [4.69, 9.17) is 0 Å². The summed E-state index contributed by atoms with van der Waals surface area (Å²) < 4.78 is 1.83. The highest BCUT2D eigenvalue weighted by Crippen LogP contribution is 2.00. The molecule has 1 aromatic heterocycles. The average Bonchev–Trinajstić information content (AvgIpc) is 2.40. The van der Waals surface area contributed by atoms with Gasteiger partial charge in [0.1, 0.15) is 0 Å². The topological polar surface area (TPSA) is 33.8 Å². The van der Waals surface area contributed by atoms with Crippen LogP contribution in [0.5, 0.6) is 0 Å². The van der Waals surface area contributed by atoms with Crippen molar-refractivity contribution in [2.24, 2.45) is 0 Å². The summed E-state index contributed by atoms with van der Waals surface area (Å²) in [6.45, 7) is 4.00. The zero-order valence-corrected chi connectivity index (χ0v) is 9.41. The van der Waals surface area contributed by atoms with E-state index in [-0.39, 0.29) is 5.78 Å². The first-order chi connectivity index (χ1) is 8.31. The lowest BCUT2D eigenvalue weighted by molar-refractivity contribution is -0.685. The molecule has 0 amide bonds. The number of ketones is 1. The van der Waals surface area contributed by atoms with E-state index in [1.807, 2.05) is 34.9 Å². The van der Waals surface area contributed by atoms with Crippen LogP contribution >= 0.6 is 0 Å². The summed E-state index contributed by atoms with van der Waals surface area (Å²) in [6, 6.07) is 9.25. The Morgan fingerprint density at radius 2 is 2.12 bits per heavy atom. The van der Waals surface area contributed by atoms with E-state index in [1.165, 1.54) is 0 Å².